The van der Waals surface area contributed by atoms with Gasteiger partial charge in [0.15, 0.2) is 0 Å². The Hall–Kier alpha value is -1.62. The molecule has 0 saturated carbocycles. The van der Waals surface area contributed by atoms with Gasteiger partial charge in [0.05, 0.1) is 17.0 Å². The smallest absolute Gasteiger partial charge is 0.305 e. The van der Waals surface area contributed by atoms with E-state index in [0.29, 0.717) is 0 Å². The normalized spacial score (nSPS) is 12.3. The van der Waals surface area contributed by atoms with Gasteiger partial charge in [0.25, 0.3) is 5.91 Å². The molecule has 1 rings (SSSR count). The van der Waals surface area contributed by atoms with Gasteiger partial charge in [-0.25, -0.2) is 4.39 Å². The molecule has 1 unspecified atom stereocenters. The molecule has 0 aliphatic rings. The first-order valence-corrected chi connectivity index (χ1v) is 6.16. The van der Waals surface area contributed by atoms with Gasteiger partial charge in [-0.05, 0) is 24.1 Å². The molecule has 0 aliphatic heterocycles. The van der Waals surface area contributed by atoms with Gasteiger partial charge in [-0.15, -0.1) is 0 Å². The quantitative estimate of drug-likeness (QED) is 0.875. The molecule has 0 saturated heterocycles. The van der Waals surface area contributed by atoms with E-state index >= 15 is 0 Å². The summed E-state index contributed by atoms with van der Waals surface area (Å²) in [6, 6.07) is 2.93. The molecule has 1 aromatic carbocycles. The van der Waals surface area contributed by atoms with E-state index < -0.39 is 23.7 Å². The Balaban J connectivity index is 2.84. The van der Waals surface area contributed by atoms with Crippen molar-refractivity contribution in [3.8, 4) is 0 Å². The van der Waals surface area contributed by atoms with Crippen LogP contribution >= 0.6 is 11.6 Å². The van der Waals surface area contributed by atoms with Crippen molar-refractivity contribution < 1.29 is 19.1 Å². The molecule has 0 bridgehead atoms. The van der Waals surface area contributed by atoms with E-state index in [-0.39, 0.29) is 22.9 Å². The van der Waals surface area contributed by atoms with E-state index in [1.165, 1.54) is 6.07 Å². The van der Waals surface area contributed by atoms with Crippen LogP contribution in [0.25, 0.3) is 0 Å². The average Bonchev–Trinajstić information content (AvgIpc) is 2.26. The van der Waals surface area contributed by atoms with Crippen molar-refractivity contribution in [3.05, 3.63) is 34.6 Å². The summed E-state index contributed by atoms with van der Waals surface area (Å²) in [6.45, 7) is 3.61. The number of nitrogens with one attached hydrogen (secondary N) is 1. The number of aliphatic carboxylic acids is 1. The average molecular weight is 288 g/mol. The maximum Gasteiger partial charge on any atom is 0.305 e. The second-order valence-corrected chi connectivity index (χ2v) is 4.95. The molecule has 0 fully saturated rings. The maximum atomic E-state index is 12.9. The van der Waals surface area contributed by atoms with Gasteiger partial charge in [-0.3, -0.25) is 9.59 Å². The van der Waals surface area contributed by atoms with E-state index in [4.69, 9.17) is 16.7 Å². The summed E-state index contributed by atoms with van der Waals surface area (Å²) in [6.07, 6.45) is -0.178. The second kappa shape index (κ2) is 6.52. The third-order valence-electron chi connectivity index (χ3n) is 2.69. The first kappa shape index (κ1) is 15.4. The number of halogens is 2. The predicted molar refractivity (Wildman–Crippen MR) is 69.8 cm³/mol. The molecule has 1 aromatic rings. The molecular formula is C13H15ClFNO3. The molecule has 0 aliphatic carbocycles. The lowest BCUT2D eigenvalue weighted by molar-refractivity contribution is -0.137. The number of benzene rings is 1. The van der Waals surface area contributed by atoms with Crippen molar-refractivity contribution in [3.63, 3.8) is 0 Å². The number of carboxylic acid groups (broad SMARTS) is 1. The zero-order valence-corrected chi connectivity index (χ0v) is 11.4. The molecule has 2 N–H and O–H groups in total. The lowest BCUT2D eigenvalue weighted by atomic mass is 10.0. The fraction of sp³-hybridized carbons (Fsp3) is 0.385. The maximum absolute atomic E-state index is 12.9. The summed E-state index contributed by atoms with van der Waals surface area (Å²) in [7, 11) is 0. The standard InChI is InChI=1S/C13H15ClFNO3/c1-7(2)11(6-12(17)18)16-13(19)9-4-3-8(15)5-10(9)14/h3-5,7,11H,6H2,1-2H3,(H,16,19)(H,17,18). The highest BCUT2D eigenvalue weighted by atomic mass is 35.5. The van der Waals surface area contributed by atoms with Gasteiger partial charge in [-0.2, -0.15) is 0 Å². The van der Waals surface area contributed by atoms with E-state index in [1.807, 2.05) is 0 Å². The highest BCUT2D eigenvalue weighted by Gasteiger charge is 2.21. The largest absolute Gasteiger partial charge is 0.481 e. The van der Waals surface area contributed by atoms with Crippen LogP contribution < -0.4 is 5.32 Å². The zero-order valence-electron chi connectivity index (χ0n) is 10.6. The SMILES string of the molecule is CC(C)C(CC(=O)O)NC(=O)c1ccc(F)cc1Cl. The summed E-state index contributed by atoms with van der Waals surface area (Å²) in [5.41, 5.74) is 0.124. The van der Waals surface area contributed by atoms with E-state index in [2.05, 4.69) is 5.32 Å². The monoisotopic (exact) mass is 287 g/mol. The lowest BCUT2D eigenvalue weighted by Crippen LogP contribution is -2.40. The minimum atomic E-state index is -0.996. The number of hydrogen-bond donors (Lipinski definition) is 2. The fourth-order valence-electron chi connectivity index (χ4n) is 1.56. The fourth-order valence-corrected chi connectivity index (χ4v) is 1.81. The minimum Gasteiger partial charge on any atom is -0.481 e. The van der Waals surface area contributed by atoms with Crippen molar-refractivity contribution in [1.82, 2.24) is 5.32 Å². The van der Waals surface area contributed by atoms with Crippen LogP contribution in [0, 0.1) is 11.7 Å². The first-order chi connectivity index (χ1) is 8.81. The first-order valence-electron chi connectivity index (χ1n) is 5.79. The van der Waals surface area contributed by atoms with Crippen molar-refractivity contribution in [1.29, 1.82) is 0 Å². The summed E-state index contributed by atoms with van der Waals surface area (Å²) in [5.74, 6) is -2.08. The third kappa shape index (κ3) is 4.52. The Morgan fingerprint density at radius 3 is 2.53 bits per heavy atom. The van der Waals surface area contributed by atoms with Gasteiger partial charge in [0, 0.05) is 6.04 Å². The van der Waals surface area contributed by atoms with E-state index in [1.54, 1.807) is 13.8 Å². The highest BCUT2D eigenvalue weighted by molar-refractivity contribution is 6.33. The Kier molecular flexibility index (Phi) is 5.30. The van der Waals surface area contributed by atoms with Gasteiger partial charge >= 0.3 is 5.97 Å². The number of carbonyl (C=O) groups excluding carboxylic acids is 1. The molecule has 0 heterocycles. The van der Waals surface area contributed by atoms with Crippen molar-refractivity contribution in [2.75, 3.05) is 0 Å². The number of carbonyl (C=O) groups is 2. The van der Waals surface area contributed by atoms with Crippen LogP contribution in [-0.2, 0) is 4.79 Å². The molecule has 0 aromatic heterocycles. The summed E-state index contributed by atoms with van der Waals surface area (Å²) in [4.78, 5) is 22.7. The van der Waals surface area contributed by atoms with Crippen molar-refractivity contribution >= 4 is 23.5 Å². The second-order valence-electron chi connectivity index (χ2n) is 4.55. The van der Waals surface area contributed by atoms with Gasteiger partial charge in [-0.1, -0.05) is 25.4 Å². The minimum absolute atomic E-state index is 0.00432. The zero-order chi connectivity index (χ0) is 14.6. The number of carboxylic acids is 1. The summed E-state index contributed by atoms with van der Waals surface area (Å²) >= 11 is 5.78. The van der Waals surface area contributed by atoms with Crippen LogP contribution in [0.2, 0.25) is 5.02 Å². The molecule has 4 nitrogen and oxygen atoms in total. The van der Waals surface area contributed by atoms with Crippen LogP contribution in [-0.4, -0.2) is 23.0 Å². The van der Waals surface area contributed by atoms with Crippen molar-refractivity contribution in [2.24, 2.45) is 5.92 Å². The Morgan fingerprint density at radius 1 is 1.42 bits per heavy atom. The molecule has 1 atom stereocenters. The molecule has 6 heteroatoms. The van der Waals surface area contributed by atoms with Crippen molar-refractivity contribution in [2.45, 2.75) is 26.3 Å². The molecule has 104 valence electrons. The highest BCUT2D eigenvalue weighted by Crippen LogP contribution is 2.18. The van der Waals surface area contributed by atoms with Crippen LogP contribution in [0.1, 0.15) is 30.6 Å². The number of rotatable bonds is 5. The van der Waals surface area contributed by atoms with Crippen LogP contribution in [0.5, 0.6) is 0 Å². The number of hydrogen-bond acceptors (Lipinski definition) is 2. The predicted octanol–water partition coefficient (Wildman–Crippen LogP) is 2.71. The molecule has 19 heavy (non-hydrogen) atoms. The third-order valence-corrected chi connectivity index (χ3v) is 3.00. The lowest BCUT2D eigenvalue weighted by Gasteiger charge is -2.20. The van der Waals surface area contributed by atoms with E-state index in [0.717, 1.165) is 12.1 Å². The van der Waals surface area contributed by atoms with Crippen LogP contribution in [0.15, 0.2) is 18.2 Å². The van der Waals surface area contributed by atoms with Crippen LogP contribution in [0.3, 0.4) is 0 Å². The van der Waals surface area contributed by atoms with Gasteiger partial charge in [0.2, 0.25) is 0 Å². The summed E-state index contributed by atoms with van der Waals surface area (Å²) < 4.78 is 12.9. The van der Waals surface area contributed by atoms with Gasteiger partial charge < -0.3 is 10.4 Å². The van der Waals surface area contributed by atoms with Gasteiger partial charge in [0.1, 0.15) is 5.82 Å². The molecule has 0 radical (unpaired) electrons. The van der Waals surface area contributed by atoms with Crippen LogP contribution in [0.4, 0.5) is 4.39 Å². The van der Waals surface area contributed by atoms with E-state index in [9.17, 15) is 14.0 Å². The Bertz CT molecular complexity index is 491. The topological polar surface area (TPSA) is 66.4 Å². The number of amides is 1. The molecule has 0 spiro atoms. The molecule has 1 amide bonds. The summed E-state index contributed by atoms with van der Waals surface area (Å²) in [5, 5.41) is 11.4. The Morgan fingerprint density at radius 2 is 2.05 bits per heavy atom. The molecular weight excluding hydrogens is 273 g/mol. The Labute approximate surface area is 115 Å².